The molecule has 0 bridgehead atoms. The summed E-state index contributed by atoms with van der Waals surface area (Å²) in [5.41, 5.74) is 3.41. The molecule has 9 nitrogen and oxygen atoms in total. The highest BCUT2D eigenvalue weighted by Crippen LogP contribution is 2.76. The van der Waals surface area contributed by atoms with Gasteiger partial charge in [0.05, 0.1) is 11.5 Å². The first kappa shape index (κ1) is 44.7. The number of hydrogen-bond donors (Lipinski definition) is 1. The van der Waals surface area contributed by atoms with Crippen LogP contribution in [-0.4, -0.2) is 61.1 Å². The van der Waals surface area contributed by atoms with Crippen molar-refractivity contribution in [3.63, 3.8) is 0 Å². The van der Waals surface area contributed by atoms with E-state index in [4.69, 9.17) is 23.8 Å². The van der Waals surface area contributed by atoms with Gasteiger partial charge in [0.1, 0.15) is 24.4 Å². The summed E-state index contributed by atoms with van der Waals surface area (Å²) in [6.45, 7) is 29.1. The van der Waals surface area contributed by atoms with Crippen LogP contribution in [0.2, 0.25) is 0 Å². The summed E-state index contributed by atoms with van der Waals surface area (Å²) in [6.07, 6.45) is 15.0. The number of hydrogen-bond acceptors (Lipinski definition) is 9. The monoisotopic (exact) mass is 798 g/mol. The van der Waals surface area contributed by atoms with Crippen LogP contribution >= 0.6 is 0 Å². The number of fused-ring (bicyclic) bond motifs is 7. The van der Waals surface area contributed by atoms with Crippen molar-refractivity contribution in [2.45, 2.75) is 197 Å². The number of esters is 2. The standard InChI is InChI=1S/C48H79NO8/c1-29(2)39(40(50)41(51)56-43(6,7)8)49-57-31(4)28-54-42(52)48-24-19-30(3)32(5)38(48)33-17-18-35-45(11)22-21-36(55-37-16-14-15-27-53-37)44(9,10)34(45)20-23-47(35,13)46(33,12)25-26-48/h17,29-32,34-39,49H,14-16,18-28H2,1-13H3/t30-,31?,32+,34?,35-,36+,37?,38+,39+,45+,46-,47-,48+/m1/s1. The van der Waals surface area contributed by atoms with E-state index in [0.717, 1.165) is 58.0 Å². The van der Waals surface area contributed by atoms with Crippen molar-refractivity contribution in [3.05, 3.63) is 11.6 Å². The van der Waals surface area contributed by atoms with Gasteiger partial charge in [-0.05, 0) is 162 Å². The molecule has 9 heteroatoms. The molecule has 3 unspecified atom stereocenters. The second kappa shape index (κ2) is 16.2. The van der Waals surface area contributed by atoms with Gasteiger partial charge in [-0.15, -0.1) is 0 Å². The minimum Gasteiger partial charge on any atom is -0.462 e. The fourth-order valence-electron chi connectivity index (χ4n) is 13.6. The molecule has 0 radical (unpaired) electrons. The van der Waals surface area contributed by atoms with Crippen LogP contribution in [0, 0.1) is 62.6 Å². The molecule has 6 aliphatic rings. The summed E-state index contributed by atoms with van der Waals surface area (Å²) in [4.78, 5) is 46.1. The van der Waals surface area contributed by atoms with E-state index >= 15 is 0 Å². The molecule has 1 N–H and O–H groups in total. The van der Waals surface area contributed by atoms with Crippen molar-refractivity contribution in [2.24, 2.45) is 62.6 Å². The second-order valence-corrected chi connectivity index (χ2v) is 22.3. The summed E-state index contributed by atoms with van der Waals surface area (Å²) in [5, 5.41) is 0. The summed E-state index contributed by atoms with van der Waals surface area (Å²) < 4.78 is 24.5. The van der Waals surface area contributed by atoms with Gasteiger partial charge >= 0.3 is 11.9 Å². The van der Waals surface area contributed by atoms with Gasteiger partial charge in [0.15, 0.2) is 6.29 Å². The summed E-state index contributed by atoms with van der Waals surface area (Å²) >= 11 is 0. The Labute approximate surface area is 345 Å². The van der Waals surface area contributed by atoms with E-state index in [2.05, 4.69) is 60.0 Å². The normalized spacial score (nSPS) is 41.3. The first-order valence-electron chi connectivity index (χ1n) is 22.8. The molecule has 0 aromatic carbocycles. The van der Waals surface area contributed by atoms with Gasteiger partial charge in [0.25, 0.3) is 5.78 Å². The van der Waals surface area contributed by atoms with Crippen molar-refractivity contribution in [3.8, 4) is 0 Å². The maximum absolute atomic E-state index is 14.7. The largest absolute Gasteiger partial charge is 0.462 e. The Morgan fingerprint density at radius 2 is 1.61 bits per heavy atom. The van der Waals surface area contributed by atoms with Crippen LogP contribution < -0.4 is 5.48 Å². The zero-order valence-electron chi connectivity index (χ0n) is 38.0. The maximum atomic E-state index is 14.7. The van der Waals surface area contributed by atoms with Gasteiger partial charge in [-0.1, -0.05) is 74.0 Å². The van der Waals surface area contributed by atoms with Crippen molar-refractivity contribution < 1.29 is 38.2 Å². The predicted octanol–water partition coefficient (Wildman–Crippen LogP) is 9.94. The van der Waals surface area contributed by atoms with E-state index in [1.807, 2.05) is 20.8 Å². The van der Waals surface area contributed by atoms with Crippen molar-refractivity contribution in [1.82, 2.24) is 5.48 Å². The van der Waals surface area contributed by atoms with Crippen molar-refractivity contribution in [2.75, 3.05) is 13.2 Å². The minimum absolute atomic E-state index is 0.00392. The molecule has 0 aromatic heterocycles. The molecule has 13 atom stereocenters. The molecule has 4 saturated carbocycles. The molecule has 1 aliphatic heterocycles. The topological polar surface area (TPSA) is 109 Å². The molecule has 57 heavy (non-hydrogen) atoms. The van der Waals surface area contributed by atoms with E-state index in [1.54, 1.807) is 20.8 Å². The average molecular weight is 798 g/mol. The smallest absolute Gasteiger partial charge is 0.376 e. The molecule has 324 valence electrons. The first-order chi connectivity index (χ1) is 26.5. The molecular formula is C48H79NO8. The average Bonchev–Trinajstić information content (AvgIpc) is 3.13. The third-order valence-corrected chi connectivity index (χ3v) is 17.2. The van der Waals surface area contributed by atoms with Crippen molar-refractivity contribution in [1.29, 1.82) is 0 Å². The highest BCUT2D eigenvalue weighted by molar-refractivity contribution is 6.35. The minimum atomic E-state index is -0.892. The lowest BCUT2D eigenvalue weighted by molar-refractivity contribution is -0.257. The molecule has 0 amide bonds. The van der Waals surface area contributed by atoms with Gasteiger partial charge in [0, 0.05) is 6.61 Å². The summed E-state index contributed by atoms with van der Waals surface area (Å²) in [5.74, 6) is 0.261. The number of carbonyl (C=O) groups excluding carboxylic acids is 3. The number of ether oxygens (including phenoxy) is 4. The number of ketones is 1. The lowest BCUT2D eigenvalue weighted by atomic mass is 9.33. The van der Waals surface area contributed by atoms with E-state index in [0.29, 0.717) is 23.7 Å². The molecule has 5 aliphatic carbocycles. The molecule has 5 fully saturated rings. The number of nitrogens with one attached hydrogen (secondary N) is 1. The molecule has 0 spiro atoms. The molecule has 0 aromatic rings. The van der Waals surface area contributed by atoms with Gasteiger partial charge < -0.3 is 18.9 Å². The zero-order valence-corrected chi connectivity index (χ0v) is 38.0. The third kappa shape index (κ3) is 7.96. The number of allylic oxidation sites excluding steroid dienone is 2. The number of Topliss-reactive ketones (excluding diaryl/α,β-unsaturated/α-hetero) is 1. The van der Waals surface area contributed by atoms with Crippen LogP contribution in [-0.2, 0) is 38.2 Å². The van der Waals surface area contributed by atoms with Crippen LogP contribution in [0.3, 0.4) is 0 Å². The predicted molar refractivity (Wildman–Crippen MR) is 222 cm³/mol. The molecule has 1 saturated heterocycles. The number of carbonyl (C=O) groups is 3. The third-order valence-electron chi connectivity index (χ3n) is 17.2. The Morgan fingerprint density at radius 1 is 0.895 bits per heavy atom. The maximum Gasteiger partial charge on any atom is 0.376 e. The van der Waals surface area contributed by atoms with Crippen LogP contribution in [0.5, 0.6) is 0 Å². The summed E-state index contributed by atoms with van der Waals surface area (Å²) in [6, 6.07) is -0.885. The second-order valence-electron chi connectivity index (χ2n) is 22.3. The van der Waals surface area contributed by atoms with Gasteiger partial charge in [-0.2, -0.15) is 5.48 Å². The summed E-state index contributed by atoms with van der Waals surface area (Å²) in [7, 11) is 0. The van der Waals surface area contributed by atoms with Crippen LogP contribution in [0.1, 0.15) is 167 Å². The lowest BCUT2D eigenvalue weighted by Crippen LogP contribution is -2.65. The van der Waals surface area contributed by atoms with E-state index in [-0.39, 0.29) is 58.5 Å². The van der Waals surface area contributed by atoms with E-state index < -0.39 is 34.9 Å². The van der Waals surface area contributed by atoms with Crippen LogP contribution in [0.25, 0.3) is 0 Å². The fourth-order valence-corrected chi connectivity index (χ4v) is 13.6. The molecule has 1 heterocycles. The zero-order chi connectivity index (χ0) is 41.9. The Balaban J connectivity index is 1.18. The Kier molecular flexibility index (Phi) is 12.7. The Bertz CT molecular complexity index is 1530. The molecule has 6 rings (SSSR count). The SMILES string of the molecule is CC(COC(=O)[C@]12CC[C@@H](C)[C@H](C)[C@H]1C1=CC[C@@H]3[C@@]4(C)CC[C@H](OC5CCCCO5)C(C)(C)C4CC[C@@]3(C)[C@]1(C)CC2)ON[C@H](C(=O)C(=O)OC(C)(C)C)C(C)C. The van der Waals surface area contributed by atoms with Crippen LogP contribution in [0.4, 0.5) is 0 Å². The first-order valence-corrected chi connectivity index (χ1v) is 22.8. The van der Waals surface area contributed by atoms with E-state index in [1.165, 1.54) is 31.3 Å². The Morgan fingerprint density at radius 3 is 2.26 bits per heavy atom. The fraction of sp³-hybridized carbons (Fsp3) is 0.896. The highest BCUT2D eigenvalue weighted by atomic mass is 16.7. The highest BCUT2D eigenvalue weighted by Gasteiger charge is 2.70. The molecular weight excluding hydrogens is 719 g/mol. The van der Waals surface area contributed by atoms with Gasteiger partial charge in [-0.3, -0.25) is 14.4 Å². The quantitative estimate of drug-likeness (QED) is 0.0719. The van der Waals surface area contributed by atoms with Crippen LogP contribution in [0.15, 0.2) is 11.6 Å². The van der Waals surface area contributed by atoms with Gasteiger partial charge in [0.2, 0.25) is 0 Å². The van der Waals surface area contributed by atoms with Gasteiger partial charge in [-0.25, -0.2) is 4.79 Å². The Hall–Kier alpha value is -1.81. The van der Waals surface area contributed by atoms with Crippen molar-refractivity contribution >= 4 is 17.7 Å². The number of hydroxylamine groups is 1. The number of rotatable bonds is 11. The lowest BCUT2D eigenvalue weighted by Gasteiger charge is -2.71. The van der Waals surface area contributed by atoms with E-state index in [9.17, 15) is 14.4 Å².